The Morgan fingerprint density at radius 3 is 2.82 bits per heavy atom. The van der Waals surface area contributed by atoms with Crippen LogP contribution in [0.3, 0.4) is 0 Å². The highest BCUT2D eigenvalue weighted by Gasteiger charge is 2.38. The SMILES string of the molecule is CC(NC1CCN2CCCC12)C(=O)NC(N)=O. The number of nitrogens with one attached hydrogen (secondary N) is 2. The van der Waals surface area contributed by atoms with E-state index in [1.54, 1.807) is 6.92 Å². The van der Waals surface area contributed by atoms with Gasteiger partial charge in [0, 0.05) is 18.6 Å². The van der Waals surface area contributed by atoms with Crippen molar-refractivity contribution in [2.75, 3.05) is 13.1 Å². The second kappa shape index (κ2) is 5.01. The predicted octanol–water partition coefficient (Wildman–Crippen LogP) is -0.604. The van der Waals surface area contributed by atoms with Crippen molar-refractivity contribution < 1.29 is 9.59 Å². The second-order valence-electron chi connectivity index (χ2n) is 4.88. The zero-order valence-corrected chi connectivity index (χ0v) is 10.1. The van der Waals surface area contributed by atoms with Crippen molar-refractivity contribution in [3.05, 3.63) is 0 Å². The first kappa shape index (κ1) is 12.3. The molecule has 6 heteroatoms. The van der Waals surface area contributed by atoms with Crippen LogP contribution in [-0.2, 0) is 4.79 Å². The smallest absolute Gasteiger partial charge is 0.318 e. The molecule has 0 aliphatic carbocycles. The minimum atomic E-state index is -0.794. The number of hydrogen-bond donors (Lipinski definition) is 3. The van der Waals surface area contributed by atoms with Gasteiger partial charge in [-0.05, 0) is 32.7 Å². The molecule has 2 aliphatic rings. The van der Waals surface area contributed by atoms with E-state index in [1.807, 2.05) is 0 Å². The van der Waals surface area contributed by atoms with Gasteiger partial charge in [0.1, 0.15) is 0 Å². The van der Waals surface area contributed by atoms with Crippen LogP contribution in [0.15, 0.2) is 0 Å². The normalized spacial score (nSPS) is 29.9. The molecule has 2 aliphatic heterocycles. The first-order valence-corrected chi connectivity index (χ1v) is 6.18. The molecule has 0 saturated carbocycles. The van der Waals surface area contributed by atoms with Gasteiger partial charge < -0.3 is 11.1 Å². The monoisotopic (exact) mass is 240 g/mol. The predicted molar refractivity (Wildman–Crippen MR) is 63.3 cm³/mol. The van der Waals surface area contributed by atoms with Crippen LogP contribution in [-0.4, -0.2) is 48.1 Å². The molecule has 2 heterocycles. The van der Waals surface area contributed by atoms with Gasteiger partial charge in [-0.25, -0.2) is 4.79 Å². The van der Waals surface area contributed by atoms with Gasteiger partial charge in [0.05, 0.1) is 6.04 Å². The zero-order chi connectivity index (χ0) is 12.4. The van der Waals surface area contributed by atoms with E-state index < -0.39 is 6.03 Å². The number of hydrogen-bond acceptors (Lipinski definition) is 4. The van der Waals surface area contributed by atoms with Crippen LogP contribution in [0.2, 0.25) is 0 Å². The summed E-state index contributed by atoms with van der Waals surface area (Å²) in [7, 11) is 0. The summed E-state index contributed by atoms with van der Waals surface area (Å²) >= 11 is 0. The van der Waals surface area contributed by atoms with Crippen molar-refractivity contribution >= 4 is 11.9 Å². The average Bonchev–Trinajstić information content (AvgIpc) is 2.81. The fourth-order valence-electron chi connectivity index (χ4n) is 2.90. The van der Waals surface area contributed by atoms with Crippen LogP contribution < -0.4 is 16.4 Å². The highest BCUT2D eigenvalue weighted by atomic mass is 16.2. The van der Waals surface area contributed by atoms with Gasteiger partial charge >= 0.3 is 6.03 Å². The van der Waals surface area contributed by atoms with Crippen LogP contribution in [0.1, 0.15) is 26.2 Å². The van der Waals surface area contributed by atoms with E-state index in [1.165, 1.54) is 19.4 Å². The highest BCUT2D eigenvalue weighted by Crippen LogP contribution is 2.28. The third kappa shape index (κ3) is 2.76. The lowest BCUT2D eigenvalue weighted by Crippen LogP contribution is -2.51. The van der Waals surface area contributed by atoms with E-state index in [2.05, 4.69) is 15.5 Å². The quantitative estimate of drug-likeness (QED) is 0.614. The van der Waals surface area contributed by atoms with Crippen LogP contribution in [0.25, 0.3) is 0 Å². The molecule has 96 valence electrons. The maximum atomic E-state index is 11.5. The molecule has 4 N–H and O–H groups in total. The molecule has 0 aromatic rings. The number of nitrogens with zero attached hydrogens (tertiary/aromatic N) is 1. The minimum absolute atomic E-state index is 0.353. The van der Waals surface area contributed by atoms with Gasteiger partial charge in [-0.1, -0.05) is 0 Å². The van der Waals surface area contributed by atoms with E-state index in [0.717, 1.165) is 13.0 Å². The van der Waals surface area contributed by atoms with Gasteiger partial charge in [-0.15, -0.1) is 0 Å². The number of fused-ring (bicyclic) bond motifs is 1. The Balaban J connectivity index is 1.84. The van der Waals surface area contributed by atoms with Crippen molar-refractivity contribution in [1.82, 2.24) is 15.5 Å². The molecule has 0 spiro atoms. The molecule has 2 fully saturated rings. The van der Waals surface area contributed by atoms with Crippen molar-refractivity contribution in [2.24, 2.45) is 5.73 Å². The maximum absolute atomic E-state index is 11.5. The standard InChI is InChI=1S/C11H20N4O2/c1-7(10(16)14-11(12)17)13-8-4-6-15-5-2-3-9(8)15/h7-9,13H,2-6H2,1H3,(H3,12,14,16,17). The van der Waals surface area contributed by atoms with Crippen LogP contribution >= 0.6 is 0 Å². The molecule has 2 saturated heterocycles. The molecule has 2 rings (SSSR count). The average molecular weight is 240 g/mol. The number of carbonyl (C=O) groups is 2. The van der Waals surface area contributed by atoms with E-state index in [0.29, 0.717) is 12.1 Å². The van der Waals surface area contributed by atoms with E-state index in [9.17, 15) is 9.59 Å². The zero-order valence-electron chi connectivity index (χ0n) is 10.1. The molecular formula is C11H20N4O2. The van der Waals surface area contributed by atoms with E-state index >= 15 is 0 Å². The van der Waals surface area contributed by atoms with Crippen LogP contribution in [0.5, 0.6) is 0 Å². The summed E-state index contributed by atoms with van der Waals surface area (Å²) in [6, 6.07) is -0.268. The van der Waals surface area contributed by atoms with Crippen molar-refractivity contribution in [1.29, 1.82) is 0 Å². The van der Waals surface area contributed by atoms with E-state index in [4.69, 9.17) is 5.73 Å². The number of primary amides is 1. The van der Waals surface area contributed by atoms with Gasteiger partial charge in [0.15, 0.2) is 0 Å². The third-order valence-electron chi connectivity index (χ3n) is 3.71. The van der Waals surface area contributed by atoms with Crippen molar-refractivity contribution in [3.8, 4) is 0 Å². The van der Waals surface area contributed by atoms with Gasteiger partial charge in [-0.2, -0.15) is 0 Å². The third-order valence-corrected chi connectivity index (χ3v) is 3.71. The maximum Gasteiger partial charge on any atom is 0.318 e. The lowest BCUT2D eigenvalue weighted by molar-refractivity contribution is -0.121. The Labute approximate surface area is 101 Å². The molecule has 3 amide bonds. The first-order chi connectivity index (χ1) is 8.08. The van der Waals surface area contributed by atoms with E-state index in [-0.39, 0.29) is 11.9 Å². The Bertz CT molecular complexity index is 321. The minimum Gasteiger partial charge on any atom is -0.351 e. The number of rotatable bonds is 3. The lowest BCUT2D eigenvalue weighted by Gasteiger charge is -2.24. The van der Waals surface area contributed by atoms with Crippen LogP contribution in [0.4, 0.5) is 4.79 Å². The number of urea groups is 1. The molecule has 17 heavy (non-hydrogen) atoms. The van der Waals surface area contributed by atoms with Gasteiger partial charge in [0.2, 0.25) is 5.91 Å². The molecule has 0 radical (unpaired) electrons. The van der Waals surface area contributed by atoms with Gasteiger partial charge in [0.25, 0.3) is 0 Å². The summed E-state index contributed by atoms with van der Waals surface area (Å²) in [6.07, 6.45) is 3.51. The summed E-state index contributed by atoms with van der Waals surface area (Å²) in [6.45, 7) is 4.03. The molecule has 6 nitrogen and oxygen atoms in total. The molecule has 0 aromatic carbocycles. The summed E-state index contributed by atoms with van der Waals surface area (Å²) in [5.74, 6) is -0.353. The molecule has 3 atom stereocenters. The van der Waals surface area contributed by atoms with Crippen molar-refractivity contribution in [2.45, 2.75) is 44.3 Å². The highest BCUT2D eigenvalue weighted by molar-refractivity contribution is 5.96. The fraction of sp³-hybridized carbons (Fsp3) is 0.818. The summed E-state index contributed by atoms with van der Waals surface area (Å²) in [5, 5.41) is 5.39. The number of nitrogens with two attached hydrogens (primary N) is 1. The summed E-state index contributed by atoms with van der Waals surface area (Å²) in [4.78, 5) is 24.6. The fourth-order valence-corrected chi connectivity index (χ4v) is 2.90. The number of amides is 3. The van der Waals surface area contributed by atoms with Crippen LogP contribution in [0, 0.1) is 0 Å². The Morgan fingerprint density at radius 2 is 2.12 bits per heavy atom. The number of imide groups is 1. The molecule has 0 bridgehead atoms. The Hall–Kier alpha value is -1.14. The van der Waals surface area contributed by atoms with Gasteiger partial charge in [-0.3, -0.25) is 15.0 Å². The Morgan fingerprint density at radius 1 is 1.35 bits per heavy atom. The second-order valence-corrected chi connectivity index (χ2v) is 4.88. The largest absolute Gasteiger partial charge is 0.351 e. The number of carbonyl (C=O) groups excluding carboxylic acids is 2. The lowest BCUT2D eigenvalue weighted by atomic mass is 10.1. The molecular weight excluding hydrogens is 220 g/mol. The summed E-state index contributed by atoms with van der Waals surface area (Å²) < 4.78 is 0. The Kier molecular flexibility index (Phi) is 3.63. The molecule has 3 unspecified atom stereocenters. The van der Waals surface area contributed by atoms with Crippen molar-refractivity contribution in [3.63, 3.8) is 0 Å². The first-order valence-electron chi connectivity index (χ1n) is 6.18. The molecule has 0 aromatic heterocycles. The topological polar surface area (TPSA) is 87.5 Å². The summed E-state index contributed by atoms with van der Waals surface area (Å²) in [5.41, 5.74) is 4.92.